The van der Waals surface area contributed by atoms with E-state index in [0.29, 0.717) is 16.6 Å². The second kappa shape index (κ2) is 4.66. The van der Waals surface area contributed by atoms with E-state index in [1.54, 1.807) is 12.1 Å². The van der Waals surface area contributed by atoms with Gasteiger partial charge in [0.25, 0.3) is 5.69 Å². The maximum Gasteiger partial charge on any atom is 0.322 e. The van der Waals surface area contributed by atoms with Crippen molar-refractivity contribution in [1.29, 1.82) is 0 Å². The zero-order valence-electron chi connectivity index (χ0n) is 9.16. The Balaban J connectivity index is 2.53. The number of carboxylic acids is 1. The molecule has 2 rings (SSSR count). The fourth-order valence-electron chi connectivity index (χ4n) is 1.63. The third-order valence-electron chi connectivity index (χ3n) is 2.37. The number of nitro groups is 1. The Kier molecular flexibility index (Phi) is 3.05. The average molecular weight is 247 g/mol. The van der Waals surface area contributed by atoms with Crippen molar-refractivity contribution in [3.63, 3.8) is 0 Å². The molecule has 0 unspecified atom stereocenters. The number of nitrogens with zero attached hydrogens (tertiary/aromatic N) is 2. The number of nitro benzene ring substituents is 1. The van der Waals surface area contributed by atoms with Crippen molar-refractivity contribution < 1.29 is 14.8 Å². The molecule has 0 spiro atoms. The van der Waals surface area contributed by atoms with Gasteiger partial charge >= 0.3 is 5.97 Å². The zero-order valence-corrected chi connectivity index (χ0v) is 9.16. The van der Waals surface area contributed by atoms with Crippen molar-refractivity contribution >= 4 is 28.2 Å². The first kappa shape index (κ1) is 11.8. The molecule has 0 saturated carbocycles. The van der Waals surface area contributed by atoms with Crippen molar-refractivity contribution in [2.45, 2.75) is 0 Å². The van der Waals surface area contributed by atoms with Gasteiger partial charge in [-0.2, -0.15) is 0 Å². The van der Waals surface area contributed by atoms with Crippen LogP contribution in [0, 0.1) is 10.1 Å². The molecule has 0 fully saturated rings. The van der Waals surface area contributed by atoms with Gasteiger partial charge in [0.05, 0.1) is 16.0 Å². The van der Waals surface area contributed by atoms with Crippen LogP contribution >= 0.6 is 0 Å². The van der Waals surface area contributed by atoms with Crippen molar-refractivity contribution in [2.75, 3.05) is 11.9 Å². The van der Waals surface area contributed by atoms with Gasteiger partial charge in [0.1, 0.15) is 12.1 Å². The number of fused-ring (bicyclic) bond motifs is 1. The van der Waals surface area contributed by atoms with Gasteiger partial charge in [0.2, 0.25) is 0 Å². The molecule has 0 aliphatic heterocycles. The molecule has 0 amide bonds. The molecule has 1 aromatic heterocycles. The van der Waals surface area contributed by atoms with E-state index in [1.165, 1.54) is 18.3 Å². The molecule has 18 heavy (non-hydrogen) atoms. The number of hydrogen-bond donors (Lipinski definition) is 2. The Bertz CT molecular complexity index is 627. The summed E-state index contributed by atoms with van der Waals surface area (Å²) in [5, 5.41) is 22.5. The molecule has 0 radical (unpaired) electrons. The summed E-state index contributed by atoms with van der Waals surface area (Å²) >= 11 is 0. The zero-order chi connectivity index (χ0) is 13.1. The van der Waals surface area contributed by atoms with E-state index in [4.69, 9.17) is 5.11 Å². The van der Waals surface area contributed by atoms with E-state index in [1.807, 2.05) is 0 Å². The summed E-state index contributed by atoms with van der Waals surface area (Å²) < 4.78 is 0. The number of non-ortho nitro benzene ring substituents is 1. The first-order chi connectivity index (χ1) is 8.59. The highest BCUT2D eigenvalue weighted by molar-refractivity contribution is 5.97. The lowest BCUT2D eigenvalue weighted by Gasteiger charge is -2.07. The van der Waals surface area contributed by atoms with E-state index >= 15 is 0 Å². The fourth-order valence-corrected chi connectivity index (χ4v) is 1.63. The third-order valence-corrected chi connectivity index (χ3v) is 2.37. The second-order valence-corrected chi connectivity index (χ2v) is 3.54. The number of hydrogen-bond acceptors (Lipinski definition) is 5. The topological polar surface area (TPSA) is 105 Å². The highest BCUT2D eigenvalue weighted by Crippen LogP contribution is 2.29. The molecule has 1 heterocycles. The number of carboxylic acid groups (broad SMARTS) is 1. The highest BCUT2D eigenvalue weighted by Gasteiger charge is 2.14. The highest BCUT2D eigenvalue weighted by atomic mass is 16.6. The maximum atomic E-state index is 10.9. The first-order valence-corrected chi connectivity index (χ1v) is 5.07. The van der Waals surface area contributed by atoms with Gasteiger partial charge in [-0.15, -0.1) is 0 Å². The number of aliphatic carboxylic acids is 1. The Hall–Kier alpha value is -2.70. The van der Waals surface area contributed by atoms with Crippen molar-refractivity contribution in [1.82, 2.24) is 4.98 Å². The Morgan fingerprint density at radius 3 is 2.89 bits per heavy atom. The minimum Gasteiger partial charge on any atom is -0.480 e. The SMILES string of the molecule is O=C(O)CNc1ccc([N+](=O)[O-])c2cccnc12. The van der Waals surface area contributed by atoms with E-state index in [9.17, 15) is 14.9 Å². The number of pyridine rings is 1. The maximum absolute atomic E-state index is 10.9. The van der Waals surface area contributed by atoms with Crippen LogP contribution in [0.1, 0.15) is 0 Å². The van der Waals surface area contributed by atoms with Gasteiger partial charge in [-0.3, -0.25) is 19.9 Å². The van der Waals surface area contributed by atoms with Gasteiger partial charge in [-0.25, -0.2) is 0 Å². The van der Waals surface area contributed by atoms with Crippen molar-refractivity contribution in [3.8, 4) is 0 Å². The average Bonchev–Trinajstić information content (AvgIpc) is 2.35. The molecule has 0 saturated heterocycles. The number of rotatable bonds is 4. The van der Waals surface area contributed by atoms with Gasteiger partial charge < -0.3 is 10.4 Å². The summed E-state index contributed by atoms with van der Waals surface area (Å²) in [6.07, 6.45) is 1.50. The molecule has 7 heteroatoms. The minimum atomic E-state index is -1.02. The first-order valence-electron chi connectivity index (χ1n) is 5.07. The molecule has 2 aromatic rings. The summed E-state index contributed by atoms with van der Waals surface area (Å²) in [6, 6.07) is 5.95. The molecule has 1 aromatic carbocycles. The molecular weight excluding hydrogens is 238 g/mol. The van der Waals surface area contributed by atoms with E-state index in [0.717, 1.165) is 0 Å². The van der Waals surface area contributed by atoms with Crippen LogP contribution in [0.15, 0.2) is 30.5 Å². The molecule has 2 N–H and O–H groups in total. The van der Waals surface area contributed by atoms with Gasteiger partial charge in [-0.1, -0.05) is 0 Å². The van der Waals surface area contributed by atoms with Crippen molar-refractivity contribution in [3.05, 3.63) is 40.6 Å². The third kappa shape index (κ3) is 2.19. The Morgan fingerprint density at radius 1 is 1.44 bits per heavy atom. The minimum absolute atomic E-state index is 0.0565. The lowest BCUT2D eigenvalue weighted by Crippen LogP contribution is -2.12. The standard InChI is InChI=1S/C11H9N3O4/c15-10(16)6-13-8-3-4-9(14(17)18)7-2-1-5-12-11(7)8/h1-5,13H,6H2,(H,15,16). The number of carbonyl (C=O) groups is 1. The Morgan fingerprint density at radius 2 is 2.22 bits per heavy atom. The molecular formula is C11H9N3O4. The summed E-state index contributed by atoms with van der Waals surface area (Å²) in [4.78, 5) is 24.9. The van der Waals surface area contributed by atoms with Crippen LogP contribution in [-0.4, -0.2) is 27.5 Å². The molecule has 0 atom stereocenters. The van der Waals surface area contributed by atoms with Crippen LogP contribution in [0.2, 0.25) is 0 Å². The summed E-state index contributed by atoms with van der Waals surface area (Å²) in [5.41, 5.74) is 0.783. The van der Waals surface area contributed by atoms with Crippen molar-refractivity contribution in [2.24, 2.45) is 0 Å². The van der Waals surface area contributed by atoms with Crippen LogP contribution < -0.4 is 5.32 Å². The summed E-state index contributed by atoms with van der Waals surface area (Å²) in [5.74, 6) is -1.02. The Labute approximate surface area is 101 Å². The van der Waals surface area contributed by atoms with Gasteiger partial charge in [0, 0.05) is 12.3 Å². The van der Waals surface area contributed by atoms with Crippen LogP contribution in [0.3, 0.4) is 0 Å². The van der Waals surface area contributed by atoms with Crippen LogP contribution in [-0.2, 0) is 4.79 Å². The summed E-state index contributed by atoms with van der Waals surface area (Å²) in [6.45, 7) is -0.274. The molecule has 0 aliphatic rings. The number of anilines is 1. The molecule has 0 bridgehead atoms. The number of benzene rings is 1. The predicted octanol–water partition coefficient (Wildman–Crippen LogP) is 1.64. The predicted molar refractivity (Wildman–Crippen MR) is 64.5 cm³/mol. The number of aromatic nitrogens is 1. The quantitative estimate of drug-likeness (QED) is 0.628. The fraction of sp³-hybridized carbons (Fsp3) is 0.0909. The lowest BCUT2D eigenvalue weighted by atomic mass is 10.1. The lowest BCUT2D eigenvalue weighted by molar-refractivity contribution is -0.383. The largest absolute Gasteiger partial charge is 0.480 e. The molecule has 7 nitrogen and oxygen atoms in total. The van der Waals surface area contributed by atoms with Crippen LogP contribution in [0.5, 0.6) is 0 Å². The van der Waals surface area contributed by atoms with Gasteiger partial charge in [-0.05, 0) is 18.2 Å². The molecule has 0 aliphatic carbocycles. The van der Waals surface area contributed by atoms with Crippen LogP contribution in [0.4, 0.5) is 11.4 Å². The van der Waals surface area contributed by atoms with E-state index in [2.05, 4.69) is 10.3 Å². The normalized spacial score (nSPS) is 10.2. The number of nitrogens with one attached hydrogen (secondary N) is 1. The van der Waals surface area contributed by atoms with E-state index < -0.39 is 10.9 Å². The monoisotopic (exact) mass is 247 g/mol. The molecule has 92 valence electrons. The van der Waals surface area contributed by atoms with Gasteiger partial charge in [0.15, 0.2) is 0 Å². The second-order valence-electron chi connectivity index (χ2n) is 3.54. The smallest absolute Gasteiger partial charge is 0.322 e. The van der Waals surface area contributed by atoms with E-state index in [-0.39, 0.29) is 12.2 Å². The summed E-state index contributed by atoms with van der Waals surface area (Å²) in [7, 11) is 0. The van der Waals surface area contributed by atoms with Crippen LogP contribution in [0.25, 0.3) is 10.9 Å².